The molecule has 0 saturated heterocycles. The Morgan fingerprint density at radius 1 is 0.696 bits per heavy atom. The van der Waals surface area contributed by atoms with E-state index in [0.29, 0.717) is 5.56 Å². The van der Waals surface area contributed by atoms with Crippen LogP contribution in [0.25, 0.3) is 0 Å². The van der Waals surface area contributed by atoms with Crippen molar-refractivity contribution in [1.82, 2.24) is 0 Å². The molecule has 0 bridgehead atoms. The molecule has 116 valence electrons. The lowest BCUT2D eigenvalue weighted by Crippen LogP contribution is -2.26. The molecular weight excluding hydrogens is 291 g/mol. The molecule has 2 nitrogen and oxygen atoms in total. The Labute approximate surface area is 134 Å². The van der Waals surface area contributed by atoms with Gasteiger partial charge in [0.25, 0.3) is 0 Å². The first-order valence-electron chi connectivity index (χ1n) is 7.36. The molecule has 0 heterocycles. The van der Waals surface area contributed by atoms with E-state index in [1.165, 1.54) is 6.07 Å². The highest BCUT2D eigenvalue weighted by molar-refractivity contribution is 5.51. The van der Waals surface area contributed by atoms with E-state index in [2.05, 4.69) is 0 Å². The van der Waals surface area contributed by atoms with Crippen LogP contribution in [0.15, 0.2) is 72.8 Å². The zero-order chi connectivity index (χ0) is 16.4. The van der Waals surface area contributed by atoms with Crippen LogP contribution in [-0.4, -0.2) is 10.2 Å². The van der Waals surface area contributed by atoms with E-state index >= 15 is 0 Å². The number of benzene rings is 3. The van der Waals surface area contributed by atoms with Crippen molar-refractivity contribution >= 4 is 0 Å². The standard InChI is InChI=1S/C20H17FO2/c1-20(14-6-10-16(22)11-7-14,15-8-12-17(23)13-9-15)18-4-2-3-5-19(18)21/h2-13,22-23H,1H3. The summed E-state index contributed by atoms with van der Waals surface area (Å²) in [5.41, 5.74) is 1.50. The molecule has 3 aromatic carbocycles. The fourth-order valence-electron chi connectivity index (χ4n) is 2.93. The lowest BCUT2D eigenvalue weighted by Gasteiger charge is -2.32. The number of hydrogen-bond acceptors (Lipinski definition) is 2. The number of phenols is 2. The van der Waals surface area contributed by atoms with Crippen LogP contribution >= 0.6 is 0 Å². The second-order valence-corrected chi connectivity index (χ2v) is 5.70. The fraction of sp³-hybridized carbons (Fsp3) is 0.100. The van der Waals surface area contributed by atoms with Crippen LogP contribution < -0.4 is 0 Å². The maximum absolute atomic E-state index is 14.5. The van der Waals surface area contributed by atoms with Gasteiger partial charge in [-0.2, -0.15) is 0 Å². The third-order valence-corrected chi connectivity index (χ3v) is 4.30. The van der Waals surface area contributed by atoms with Crippen molar-refractivity contribution in [2.24, 2.45) is 0 Å². The molecule has 0 aliphatic carbocycles. The summed E-state index contributed by atoms with van der Waals surface area (Å²) in [5.74, 6) is 0.0295. The second kappa shape index (κ2) is 5.76. The highest BCUT2D eigenvalue weighted by atomic mass is 19.1. The molecule has 0 radical (unpaired) electrons. The molecule has 0 atom stereocenters. The molecule has 0 unspecified atom stereocenters. The van der Waals surface area contributed by atoms with E-state index in [0.717, 1.165) is 11.1 Å². The van der Waals surface area contributed by atoms with E-state index in [4.69, 9.17) is 0 Å². The number of aromatic hydroxyl groups is 2. The molecule has 3 rings (SSSR count). The topological polar surface area (TPSA) is 40.5 Å². The van der Waals surface area contributed by atoms with Gasteiger partial charge in [0, 0.05) is 11.0 Å². The number of halogens is 1. The Hall–Kier alpha value is -2.81. The molecule has 23 heavy (non-hydrogen) atoms. The van der Waals surface area contributed by atoms with E-state index < -0.39 is 5.41 Å². The van der Waals surface area contributed by atoms with Gasteiger partial charge >= 0.3 is 0 Å². The fourth-order valence-corrected chi connectivity index (χ4v) is 2.93. The maximum atomic E-state index is 14.5. The summed E-state index contributed by atoms with van der Waals surface area (Å²) in [6.45, 7) is 1.93. The summed E-state index contributed by atoms with van der Waals surface area (Å²) < 4.78 is 14.5. The van der Waals surface area contributed by atoms with Gasteiger partial charge in [-0.3, -0.25) is 0 Å². The Balaban J connectivity index is 2.27. The Morgan fingerprint density at radius 2 is 1.13 bits per heavy atom. The molecule has 0 aliphatic heterocycles. The third-order valence-electron chi connectivity index (χ3n) is 4.30. The normalized spacial score (nSPS) is 11.4. The minimum absolute atomic E-state index is 0.162. The Bertz CT molecular complexity index is 762. The average molecular weight is 308 g/mol. The van der Waals surface area contributed by atoms with E-state index in [1.54, 1.807) is 66.7 Å². The molecule has 3 heteroatoms. The van der Waals surface area contributed by atoms with Gasteiger partial charge in [0.05, 0.1) is 0 Å². The zero-order valence-electron chi connectivity index (χ0n) is 12.7. The third kappa shape index (κ3) is 2.66. The molecule has 0 aliphatic rings. The lowest BCUT2D eigenvalue weighted by atomic mass is 9.71. The molecular formula is C20H17FO2. The zero-order valence-corrected chi connectivity index (χ0v) is 12.7. The summed E-state index contributed by atoms with van der Waals surface area (Å²) >= 11 is 0. The molecule has 0 amide bonds. The van der Waals surface area contributed by atoms with Crippen molar-refractivity contribution in [3.05, 3.63) is 95.3 Å². The monoisotopic (exact) mass is 308 g/mol. The maximum Gasteiger partial charge on any atom is 0.127 e. The Kier molecular flexibility index (Phi) is 3.78. The SMILES string of the molecule is CC(c1ccc(O)cc1)(c1ccc(O)cc1)c1ccccc1F. The van der Waals surface area contributed by atoms with Gasteiger partial charge in [-0.1, -0.05) is 42.5 Å². The van der Waals surface area contributed by atoms with E-state index in [-0.39, 0.29) is 17.3 Å². The molecule has 3 aromatic rings. The van der Waals surface area contributed by atoms with Crippen molar-refractivity contribution < 1.29 is 14.6 Å². The average Bonchev–Trinajstić information content (AvgIpc) is 2.56. The van der Waals surface area contributed by atoms with Crippen molar-refractivity contribution in [2.75, 3.05) is 0 Å². The first kappa shape index (κ1) is 15.1. The largest absolute Gasteiger partial charge is 0.508 e. The van der Waals surface area contributed by atoms with Gasteiger partial charge < -0.3 is 10.2 Å². The van der Waals surface area contributed by atoms with Crippen molar-refractivity contribution in [3.8, 4) is 11.5 Å². The number of phenolic OH excluding ortho intramolecular Hbond substituents is 2. The minimum atomic E-state index is -0.743. The number of rotatable bonds is 3. The summed E-state index contributed by atoms with van der Waals surface area (Å²) in [6, 6.07) is 20.2. The first-order chi connectivity index (χ1) is 11.0. The van der Waals surface area contributed by atoms with Crippen LogP contribution in [0.5, 0.6) is 11.5 Å². The summed E-state index contributed by atoms with van der Waals surface area (Å²) in [7, 11) is 0. The highest BCUT2D eigenvalue weighted by Crippen LogP contribution is 2.40. The summed E-state index contributed by atoms with van der Waals surface area (Å²) in [5, 5.41) is 19.1. The van der Waals surface area contributed by atoms with Gasteiger partial charge in [-0.05, 0) is 48.4 Å². The predicted molar refractivity (Wildman–Crippen MR) is 88.2 cm³/mol. The molecule has 0 fully saturated rings. The van der Waals surface area contributed by atoms with E-state index in [9.17, 15) is 14.6 Å². The van der Waals surface area contributed by atoms with Crippen LogP contribution in [-0.2, 0) is 5.41 Å². The van der Waals surface area contributed by atoms with Crippen LogP contribution in [0.2, 0.25) is 0 Å². The molecule has 2 N–H and O–H groups in total. The minimum Gasteiger partial charge on any atom is -0.508 e. The van der Waals surface area contributed by atoms with Crippen molar-refractivity contribution in [3.63, 3.8) is 0 Å². The lowest BCUT2D eigenvalue weighted by molar-refractivity contribution is 0.474. The van der Waals surface area contributed by atoms with Crippen molar-refractivity contribution in [2.45, 2.75) is 12.3 Å². The summed E-state index contributed by atoms with van der Waals surface area (Å²) in [4.78, 5) is 0. The van der Waals surface area contributed by atoms with Gasteiger partial charge in [0.2, 0.25) is 0 Å². The predicted octanol–water partition coefficient (Wildman–Crippen LogP) is 4.59. The molecule has 0 saturated carbocycles. The van der Waals surface area contributed by atoms with Gasteiger partial charge in [-0.15, -0.1) is 0 Å². The van der Waals surface area contributed by atoms with Crippen LogP contribution in [0.3, 0.4) is 0 Å². The van der Waals surface area contributed by atoms with Crippen LogP contribution in [0.1, 0.15) is 23.6 Å². The van der Waals surface area contributed by atoms with Crippen LogP contribution in [0.4, 0.5) is 4.39 Å². The number of hydrogen-bond donors (Lipinski definition) is 2. The first-order valence-corrected chi connectivity index (χ1v) is 7.36. The Morgan fingerprint density at radius 3 is 1.57 bits per heavy atom. The molecule has 0 aromatic heterocycles. The highest BCUT2D eigenvalue weighted by Gasteiger charge is 2.33. The van der Waals surface area contributed by atoms with Crippen molar-refractivity contribution in [1.29, 1.82) is 0 Å². The van der Waals surface area contributed by atoms with Gasteiger partial charge in [0.1, 0.15) is 17.3 Å². The smallest absolute Gasteiger partial charge is 0.127 e. The second-order valence-electron chi connectivity index (χ2n) is 5.70. The van der Waals surface area contributed by atoms with Gasteiger partial charge in [-0.25, -0.2) is 4.39 Å². The quantitative estimate of drug-likeness (QED) is 0.695. The summed E-state index contributed by atoms with van der Waals surface area (Å²) in [6.07, 6.45) is 0. The van der Waals surface area contributed by atoms with Gasteiger partial charge in [0.15, 0.2) is 0 Å². The molecule has 0 spiro atoms. The van der Waals surface area contributed by atoms with E-state index in [1.807, 2.05) is 6.92 Å². The van der Waals surface area contributed by atoms with Crippen LogP contribution in [0, 0.1) is 5.82 Å².